The van der Waals surface area contributed by atoms with Crippen molar-refractivity contribution in [2.24, 2.45) is 0 Å². The van der Waals surface area contributed by atoms with Crippen LogP contribution in [0.3, 0.4) is 0 Å². The van der Waals surface area contributed by atoms with Gasteiger partial charge in [-0.3, -0.25) is 4.90 Å². The highest BCUT2D eigenvalue weighted by Gasteiger charge is 2.34. The molecule has 2 nitrogen and oxygen atoms in total. The normalized spacial score (nSPS) is 34.2. The first-order valence-electron chi connectivity index (χ1n) is 5.90. The van der Waals surface area contributed by atoms with Crippen molar-refractivity contribution in [1.29, 1.82) is 0 Å². The van der Waals surface area contributed by atoms with Crippen LogP contribution >= 0.6 is 0 Å². The molecule has 1 heterocycles. The largest absolute Gasteiger partial charge is 0.304 e. The maximum absolute atomic E-state index is 2.64. The number of rotatable bonds is 1. The average molecular weight is 206 g/mol. The maximum Gasteiger partial charge on any atom is 0.0428 e. The zero-order chi connectivity index (χ0) is 10.9. The summed E-state index contributed by atoms with van der Waals surface area (Å²) in [7, 11) is 2.21. The minimum atomic E-state index is 0.274. The molecule has 84 valence electrons. The molecule has 1 aliphatic heterocycles. The van der Waals surface area contributed by atoms with E-state index in [2.05, 4.69) is 48.9 Å². The van der Waals surface area contributed by atoms with Gasteiger partial charge in [-0.1, -0.05) is 23.8 Å². The molecule has 0 aromatic carbocycles. The lowest BCUT2D eigenvalue weighted by Crippen LogP contribution is -2.55. The van der Waals surface area contributed by atoms with E-state index >= 15 is 0 Å². The summed E-state index contributed by atoms with van der Waals surface area (Å²) in [6.45, 7) is 9.45. The fraction of sp³-hybridized carbons (Fsp3) is 0.692. The smallest absolute Gasteiger partial charge is 0.0428 e. The summed E-state index contributed by atoms with van der Waals surface area (Å²) in [6, 6.07) is 0. The van der Waals surface area contributed by atoms with Crippen LogP contribution in [0.5, 0.6) is 0 Å². The summed E-state index contributed by atoms with van der Waals surface area (Å²) in [6.07, 6.45) is 7.92. The number of nitrogens with zero attached hydrogens (tertiary/aromatic N) is 2. The van der Waals surface area contributed by atoms with Crippen LogP contribution in [-0.4, -0.2) is 48.6 Å². The van der Waals surface area contributed by atoms with E-state index in [4.69, 9.17) is 0 Å². The zero-order valence-corrected chi connectivity index (χ0v) is 10.2. The predicted molar refractivity (Wildman–Crippen MR) is 65.0 cm³/mol. The van der Waals surface area contributed by atoms with Crippen molar-refractivity contribution in [3.63, 3.8) is 0 Å². The highest BCUT2D eigenvalue weighted by Crippen LogP contribution is 2.31. The highest BCUT2D eigenvalue weighted by molar-refractivity contribution is 5.28. The Labute approximate surface area is 93.2 Å². The van der Waals surface area contributed by atoms with Gasteiger partial charge in [0.2, 0.25) is 0 Å². The monoisotopic (exact) mass is 206 g/mol. The van der Waals surface area contributed by atoms with Gasteiger partial charge in [0.25, 0.3) is 0 Å². The van der Waals surface area contributed by atoms with Gasteiger partial charge in [0, 0.05) is 31.7 Å². The van der Waals surface area contributed by atoms with Crippen molar-refractivity contribution in [1.82, 2.24) is 9.80 Å². The minimum absolute atomic E-state index is 0.274. The number of hydrogen-bond acceptors (Lipinski definition) is 2. The average Bonchev–Trinajstić information content (AvgIpc) is 2.23. The quantitative estimate of drug-likeness (QED) is 0.646. The van der Waals surface area contributed by atoms with Gasteiger partial charge in [0.1, 0.15) is 0 Å². The maximum atomic E-state index is 2.64. The summed E-state index contributed by atoms with van der Waals surface area (Å²) in [5.41, 5.74) is 1.78. The van der Waals surface area contributed by atoms with E-state index < -0.39 is 0 Å². The molecule has 0 saturated carbocycles. The Morgan fingerprint density at radius 3 is 2.47 bits per heavy atom. The van der Waals surface area contributed by atoms with Crippen molar-refractivity contribution in [2.75, 3.05) is 33.2 Å². The molecule has 0 N–H and O–H groups in total. The predicted octanol–water partition coefficient (Wildman–Crippen LogP) is 1.90. The molecule has 1 fully saturated rings. The van der Waals surface area contributed by atoms with Gasteiger partial charge < -0.3 is 4.90 Å². The molecule has 2 heteroatoms. The molecule has 15 heavy (non-hydrogen) atoms. The van der Waals surface area contributed by atoms with Crippen molar-refractivity contribution >= 4 is 0 Å². The lowest BCUT2D eigenvalue weighted by molar-refractivity contribution is 0.0734. The van der Waals surface area contributed by atoms with Crippen LogP contribution in [0.25, 0.3) is 0 Å². The van der Waals surface area contributed by atoms with Crippen molar-refractivity contribution in [3.05, 3.63) is 23.8 Å². The Balaban J connectivity index is 2.09. The third-order valence-electron chi connectivity index (χ3n) is 4.05. The zero-order valence-electron chi connectivity index (χ0n) is 10.2. The Morgan fingerprint density at radius 1 is 1.20 bits per heavy atom. The summed E-state index contributed by atoms with van der Waals surface area (Å²) in [5, 5.41) is 0. The van der Waals surface area contributed by atoms with Gasteiger partial charge >= 0.3 is 0 Å². The Kier molecular flexibility index (Phi) is 2.98. The summed E-state index contributed by atoms with van der Waals surface area (Å²) >= 11 is 0. The van der Waals surface area contributed by atoms with E-state index in [1.807, 2.05) is 0 Å². The first-order valence-corrected chi connectivity index (χ1v) is 5.90. The molecule has 0 aromatic heterocycles. The fourth-order valence-electron chi connectivity index (χ4n) is 2.53. The van der Waals surface area contributed by atoms with Crippen LogP contribution in [0, 0.1) is 0 Å². The van der Waals surface area contributed by atoms with Gasteiger partial charge in [-0.2, -0.15) is 0 Å². The second-order valence-electron chi connectivity index (χ2n) is 5.05. The van der Waals surface area contributed by atoms with Gasteiger partial charge in [0.15, 0.2) is 0 Å². The van der Waals surface area contributed by atoms with Crippen LogP contribution in [0.15, 0.2) is 23.8 Å². The Morgan fingerprint density at radius 2 is 1.87 bits per heavy atom. The van der Waals surface area contributed by atoms with E-state index in [1.165, 1.54) is 38.2 Å². The molecule has 0 radical (unpaired) electrons. The lowest BCUT2D eigenvalue weighted by Gasteiger charge is -2.46. The lowest BCUT2D eigenvalue weighted by atomic mass is 9.83. The third-order valence-corrected chi connectivity index (χ3v) is 4.05. The molecular formula is C13H22N2. The van der Waals surface area contributed by atoms with E-state index in [9.17, 15) is 0 Å². The van der Waals surface area contributed by atoms with E-state index in [0.29, 0.717) is 0 Å². The molecule has 1 unspecified atom stereocenters. The van der Waals surface area contributed by atoms with Crippen LogP contribution in [0.1, 0.15) is 20.3 Å². The molecule has 0 spiro atoms. The van der Waals surface area contributed by atoms with Gasteiger partial charge in [-0.05, 0) is 27.3 Å². The van der Waals surface area contributed by atoms with Crippen LogP contribution in [-0.2, 0) is 0 Å². The number of hydrogen-bond donors (Lipinski definition) is 0. The summed E-state index contributed by atoms with van der Waals surface area (Å²) in [5.74, 6) is 0. The third kappa shape index (κ3) is 2.01. The minimum Gasteiger partial charge on any atom is -0.304 e. The summed E-state index contributed by atoms with van der Waals surface area (Å²) < 4.78 is 0. The van der Waals surface area contributed by atoms with Gasteiger partial charge in [-0.15, -0.1) is 0 Å². The van der Waals surface area contributed by atoms with Crippen molar-refractivity contribution in [2.45, 2.75) is 25.8 Å². The molecule has 0 amide bonds. The summed E-state index contributed by atoms with van der Waals surface area (Å²) in [4.78, 5) is 5.06. The van der Waals surface area contributed by atoms with Crippen LogP contribution in [0.2, 0.25) is 0 Å². The second-order valence-corrected chi connectivity index (χ2v) is 5.05. The molecule has 0 bridgehead atoms. The first-order chi connectivity index (χ1) is 7.13. The van der Waals surface area contributed by atoms with E-state index in [1.54, 1.807) is 0 Å². The molecule has 2 rings (SSSR count). The molecule has 1 saturated heterocycles. The molecule has 1 atom stereocenters. The molecule has 2 aliphatic rings. The highest BCUT2D eigenvalue weighted by atomic mass is 15.3. The van der Waals surface area contributed by atoms with E-state index in [0.717, 1.165) is 0 Å². The number of allylic oxidation sites excluding steroid dienone is 2. The van der Waals surface area contributed by atoms with Crippen molar-refractivity contribution < 1.29 is 0 Å². The van der Waals surface area contributed by atoms with Gasteiger partial charge in [-0.25, -0.2) is 0 Å². The SMILES string of the molecule is CC1=CC=CCC1(C)N1CCN(C)CC1. The second kappa shape index (κ2) is 4.11. The Hall–Kier alpha value is -0.600. The number of likely N-dealkylation sites (N-methyl/N-ethyl adjacent to an activating group) is 1. The number of piperazine rings is 1. The van der Waals surface area contributed by atoms with Crippen LogP contribution < -0.4 is 0 Å². The Bertz CT molecular complexity index is 285. The topological polar surface area (TPSA) is 6.48 Å². The molecule has 0 aromatic rings. The fourth-order valence-corrected chi connectivity index (χ4v) is 2.53. The molecule has 1 aliphatic carbocycles. The first kappa shape index (κ1) is 10.9. The van der Waals surface area contributed by atoms with Crippen molar-refractivity contribution in [3.8, 4) is 0 Å². The standard InChI is InChI=1S/C13H22N2/c1-12-6-4-5-7-13(12,2)15-10-8-14(3)9-11-15/h4-6H,7-11H2,1-3H3. The van der Waals surface area contributed by atoms with Crippen LogP contribution in [0.4, 0.5) is 0 Å². The van der Waals surface area contributed by atoms with E-state index in [-0.39, 0.29) is 5.54 Å². The molecular weight excluding hydrogens is 184 g/mol. The van der Waals surface area contributed by atoms with Gasteiger partial charge in [0.05, 0.1) is 0 Å².